The predicted octanol–water partition coefficient (Wildman–Crippen LogP) is 5.21. The maximum absolute atomic E-state index is 11.4. The third-order valence-corrected chi connectivity index (χ3v) is 7.07. The number of rotatable bonds is 10. The molecule has 0 amide bonds. The van der Waals surface area contributed by atoms with Crippen molar-refractivity contribution in [3.8, 4) is 0 Å². The lowest BCUT2D eigenvalue weighted by atomic mass is 9.74. The Labute approximate surface area is 159 Å². The van der Waals surface area contributed by atoms with Crippen LogP contribution in [0.5, 0.6) is 0 Å². The summed E-state index contributed by atoms with van der Waals surface area (Å²) in [5.74, 6) is 2.25. The molecule has 3 nitrogen and oxygen atoms in total. The molecule has 0 aromatic carbocycles. The first-order chi connectivity index (χ1) is 12.7. The van der Waals surface area contributed by atoms with Gasteiger partial charge in [0.1, 0.15) is 5.78 Å². The minimum absolute atomic E-state index is 0.129. The van der Waals surface area contributed by atoms with E-state index in [-0.39, 0.29) is 6.10 Å². The van der Waals surface area contributed by atoms with E-state index in [1.54, 1.807) is 0 Å². The van der Waals surface area contributed by atoms with Crippen LogP contribution >= 0.6 is 0 Å². The van der Waals surface area contributed by atoms with Crippen LogP contribution in [0.25, 0.3) is 0 Å². The average Bonchev–Trinajstić information content (AvgIpc) is 3.25. The van der Waals surface area contributed by atoms with Crippen LogP contribution in [-0.2, 0) is 9.53 Å². The van der Waals surface area contributed by atoms with Gasteiger partial charge in [-0.05, 0) is 56.3 Å². The van der Waals surface area contributed by atoms with Crippen LogP contribution in [0, 0.1) is 17.8 Å². The van der Waals surface area contributed by atoms with Crippen molar-refractivity contribution in [1.29, 1.82) is 0 Å². The number of fused-ring (bicyclic) bond motifs is 2. The fraction of sp³-hybridized carbons (Fsp3) is 0.870. The van der Waals surface area contributed by atoms with Crippen molar-refractivity contribution in [2.24, 2.45) is 17.8 Å². The Morgan fingerprint density at radius 2 is 1.81 bits per heavy atom. The molecule has 0 aromatic heterocycles. The molecular formula is C23H38O3. The number of ketones is 1. The van der Waals surface area contributed by atoms with Crippen LogP contribution in [0.4, 0.5) is 0 Å². The first kappa shape index (κ1) is 20.1. The van der Waals surface area contributed by atoms with Crippen molar-refractivity contribution in [3.05, 3.63) is 12.2 Å². The van der Waals surface area contributed by atoms with E-state index in [9.17, 15) is 9.90 Å². The highest BCUT2D eigenvalue weighted by molar-refractivity contribution is 5.79. The number of allylic oxidation sites excluding steroid dienone is 2. The monoisotopic (exact) mass is 362 g/mol. The van der Waals surface area contributed by atoms with Gasteiger partial charge in [-0.15, -0.1) is 0 Å². The van der Waals surface area contributed by atoms with E-state index in [1.165, 1.54) is 44.9 Å². The van der Waals surface area contributed by atoms with E-state index in [1.807, 2.05) is 13.0 Å². The molecule has 1 unspecified atom stereocenters. The standard InChI is InChI=1S/C23H38O3/c1-2-18(24)10-6-7-11-20-21(23-15-14-22(20)26-23)13-12-19(25)16-17-8-4-3-5-9-17/h6-7,17,19-23,25H,2-5,8-16H2,1H3/t19?,20-,21+,22-,23+/m1/s1. The molecule has 1 saturated carbocycles. The molecule has 148 valence electrons. The summed E-state index contributed by atoms with van der Waals surface area (Å²) in [4.78, 5) is 11.4. The van der Waals surface area contributed by atoms with Gasteiger partial charge in [-0.1, -0.05) is 51.2 Å². The van der Waals surface area contributed by atoms with Crippen molar-refractivity contribution in [2.75, 3.05) is 0 Å². The fourth-order valence-electron chi connectivity index (χ4n) is 5.52. The summed E-state index contributed by atoms with van der Waals surface area (Å²) in [6.07, 6.45) is 19.3. The number of aliphatic hydroxyl groups is 1. The van der Waals surface area contributed by atoms with Crippen LogP contribution in [-0.4, -0.2) is 29.2 Å². The second kappa shape index (κ2) is 10.0. The van der Waals surface area contributed by atoms with Crippen LogP contribution in [0.15, 0.2) is 12.2 Å². The average molecular weight is 363 g/mol. The summed E-state index contributed by atoms with van der Waals surface area (Å²) in [7, 11) is 0. The number of carbonyl (C=O) groups excluding carboxylic acids is 1. The number of hydrogen-bond donors (Lipinski definition) is 1. The van der Waals surface area contributed by atoms with E-state index in [0.29, 0.717) is 42.7 Å². The van der Waals surface area contributed by atoms with Gasteiger partial charge in [0.25, 0.3) is 0 Å². The van der Waals surface area contributed by atoms with Crippen LogP contribution in [0.3, 0.4) is 0 Å². The summed E-state index contributed by atoms with van der Waals surface area (Å²) < 4.78 is 6.20. The second-order valence-electron chi connectivity index (χ2n) is 8.89. The smallest absolute Gasteiger partial charge is 0.136 e. The lowest BCUT2D eigenvalue weighted by Gasteiger charge is -2.29. The van der Waals surface area contributed by atoms with Crippen molar-refractivity contribution < 1.29 is 14.6 Å². The zero-order valence-electron chi connectivity index (χ0n) is 16.6. The highest BCUT2D eigenvalue weighted by atomic mass is 16.5. The largest absolute Gasteiger partial charge is 0.393 e. The summed E-state index contributed by atoms with van der Waals surface area (Å²) >= 11 is 0. The Hall–Kier alpha value is -0.670. The third-order valence-electron chi connectivity index (χ3n) is 7.07. The van der Waals surface area contributed by atoms with Gasteiger partial charge in [0.05, 0.1) is 18.3 Å². The Morgan fingerprint density at radius 1 is 1.08 bits per heavy atom. The van der Waals surface area contributed by atoms with E-state index in [4.69, 9.17) is 4.74 Å². The molecular weight excluding hydrogens is 324 g/mol. The molecule has 2 saturated heterocycles. The van der Waals surface area contributed by atoms with Crippen molar-refractivity contribution in [2.45, 2.75) is 109 Å². The molecule has 3 heteroatoms. The Balaban J connectivity index is 1.43. The quantitative estimate of drug-likeness (QED) is 0.543. The van der Waals surface area contributed by atoms with Crippen molar-refractivity contribution >= 4 is 5.78 Å². The lowest BCUT2D eigenvalue weighted by molar-refractivity contribution is -0.117. The molecule has 26 heavy (non-hydrogen) atoms. The molecule has 2 aliphatic heterocycles. The predicted molar refractivity (Wildman–Crippen MR) is 105 cm³/mol. The highest BCUT2D eigenvalue weighted by Gasteiger charge is 2.47. The topological polar surface area (TPSA) is 46.5 Å². The van der Waals surface area contributed by atoms with Gasteiger partial charge < -0.3 is 9.84 Å². The van der Waals surface area contributed by atoms with Crippen molar-refractivity contribution in [1.82, 2.24) is 0 Å². The Bertz CT molecular complexity index is 466. The van der Waals surface area contributed by atoms with Gasteiger partial charge in [0.15, 0.2) is 0 Å². The van der Waals surface area contributed by atoms with Crippen molar-refractivity contribution in [3.63, 3.8) is 0 Å². The number of carbonyl (C=O) groups is 1. The summed E-state index contributed by atoms with van der Waals surface area (Å²) in [6, 6.07) is 0. The fourth-order valence-corrected chi connectivity index (χ4v) is 5.52. The molecule has 0 radical (unpaired) electrons. The highest BCUT2D eigenvalue weighted by Crippen LogP contribution is 2.47. The maximum Gasteiger partial charge on any atom is 0.136 e. The summed E-state index contributed by atoms with van der Waals surface area (Å²) in [5.41, 5.74) is 0. The molecule has 1 N–H and O–H groups in total. The molecule has 2 bridgehead atoms. The Kier molecular flexibility index (Phi) is 7.75. The van der Waals surface area contributed by atoms with Gasteiger partial charge in [-0.25, -0.2) is 0 Å². The minimum Gasteiger partial charge on any atom is -0.393 e. The normalized spacial score (nSPS) is 33.2. The summed E-state index contributed by atoms with van der Waals surface area (Å²) in [5, 5.41) is 10.5. The third kappa shape index (κ3) is 5.42. The lowest BCUT2D eigenvalue weighted by Crippen LogP contribution is -2.28. The summed E-state index contributed by atoms with van der Waals surface area (Å²) in [6.45, 7) is 1.93. The molecule has 0 aromatic rings. The SMILES string of the molecule is CCC(=O)CC=CC[C@@H]1[C@H](CCC(O)CC2CCCCC2)[C@@H]2CC[C@H]1O2. The van der Waals surface area contributed by atoms with Gasteiger partial charge in [-0.2, -0.15) is 0 Å². The molecule has 1 aliphatic carbocycles. The zero-order valence-corrected chi connectivity index (χ0v) is 16.6. The minimum atomic E-state index is -0.129. The molecule has 0 spiro atoms. The van der Waals surface area contributed by atoms with E-state index >= 15 is 0 Å². The molecule has 2 heterocycles. The maximum atomic E-state index is 11.4. The Morgan fingerprint density at radius 3 is 2.54 bits per heavy atom. The van der Waals surface area contributed by atoms with Crippen LogP contribution in [0.1, 0.15) is 90.4 Å². The molecule has 3 aliphatic rings. The number of aliphatic hydroxyl groups excluding tert-OH is 1. The number of ether oxygens (including phenoxy) is 1. The first-order valence-electron chi connectivity index (χ1n) is 11.2. The second-order valence-corrected chi connectivity index (χ2v) is 8.89. The van der Waals surface area contributed by atoms with Gasteiger partial charge in [0, 0.05) is 12.8 Å². The number of hydrogen-bond acceptors (Lipinski definition) is 3. The molecule has 5 atom stereocenters. The zero-order chi connectivity index (χ0) is 18.4. The van der Waals surface area contributed by atoms with E-state index < -0.39 is 0 Å². The first-order valence-corrected chi connectivity index (χ1v) is 11.2. The van der Waals surface area contributed by atoms with Gasteiger partial charge in [-0.3, -0.25) is 4.79 Å². The van der Waals surface area contributed by atoms with E-state index in [2.05, 4.69) is 6.08 Å². The molecule has 3 rings (SSSR count). The number of Topliss-reactive ketones (excluding diaryl/α,β-unsaturated/α-hetero) is 1. The molecule has 3 fully saturated rings. The van der Waals surface area contributed by atoms with Crippen LogP contribution in [0.2, 0.25) is 0 Å². The van der Waals surface area contributed by atoms with E-state index in [0.717, 1.165) is 31.6 Å². The van der Waals surface area contributed by atoms with Gasteiger partial charge in [0.2, 0.25) is 0 Å². The van der Waals surface area contributed by atoms with Crippen LogP contribution < -0.4 is 0 Å². The van der Waals surface area contributed by atoms with Gasteiger partial charge >= 0.3 is 0 Å².